The smallest absolute Gasteiger partial charge is 0.244 e. The van der Waals surface area contributed by atoms with E-state index in [1.165, 1.54) is 4.31 Å². The molecule has 0 radical (unpaired) electrons. The van der Waals surface area contributed by atoms with Crippen LogP contribution in [-0.4, -0.2) is 40.8 Å². The summed E-state index contributed by atoms with van der Waals surface area (Å²) in [5.41, 5.74) is 4.53. The third-order valence-corrected chi connectivity index (χ3v) is 8.27. The number of benzene rings is 2. The summed E-state index contributed by atoms with van der Waals surface area (Å²) >= 11 is 0. The van der Waals surface area contributed by atoms with Gasteiger partial charge in [0.25, 0.3) is 0 Å². The van der Waals surface area contributed by atoms with E-state index in [1.54, 1.807) is 12.5 Å². The normalized spacial score (nSPS) is 16.8. The molecular weight excluding hydrogens is 436 g/mol. The number of rotatable bonds is 7. The summed E-state index contributed by atoms with van der Waals surface area (Å²) < 4.78 is 30.4. The highest BCUT2D eigenvalue weighted by molar-refractivity contribution is 7.89. The van der Waals surface area contributed by atoms with Crippen LogP contribution in [0.25, 0.3) is 0 Å². The second-order valence-corrected chi connectivity index (χ2v) is 10.6. The van der Waals surface area contributed by atoms with E-state index in [1.807, 2.05) is 67.9 Å². The van der Waals surface area contributed by atoms with Crippen molar-refractivity contribution in [3.63, 3.8) is 0 Å². The highest BCUT2D eigenvalue weighted by atomic mass is 32.2. The number of nitrogens with one attached hydrogen (secondary N) is 1. The summed E-state index contributed by atoms with van der Waals surface area (Å²) in [6.45, 7) is 6.99. The standard InChI is InChI=1S/C25H30N4O3S/c1-18-12-19(2)24(20(3)13-18)33(31,32)29-10-5-8-23(29)25(30)27-15-21-6-4-7-22(14-21)16-28-11-9-26-17-28/h4,6-7,9,11-14,17,23H,5,8,10,15-16H2,1-3H3,(H,27,30). The Hall–Kier alpha value is -2.97. The van der Waals surface area contributed by atoms with E-state index in [4.69, 9.17) is 0 Å². The highest BCUT2D eigenvalue weighted by Crippen LogP contribution is 2.30. The van der Waals surface area contributed by atoms with Gasteiger partial charge in [-0.25, -0.2) is 13.4 Å². The minimum absolute atomic E-state index is 0.251. The lowest BCUT2D eigenvalue weighted by atomic mass is 10.1. The molecule has 2 aromatic carbocycles. The zero-order valence-corrected chi connectivity index (χ0v) is 20.1. The quantitative estimate of drug-likeness (QED) is 0.579. The molecular formula is C25H30N4O3S. The first kappa shape index (κ1) is 23.2. The zero-order chi connectivity index (χ0) is 23.6. The summed E-state index contributed by atoms with van der Waals surface area (Å²) in [6, 6.07) is 11.1. The average molecular weight is 467 g/mol. The van der Waals surface area contributed by atoms with Gasteiger partial charge >= 0.3 is 0 Å². The molecule has 0 spiro atoms. The van der Waals surface area contributed by atoms with Crippen LogP contribution in [0.4, 0.5) is 0 Å². The number of hydrogen-bond acceptors (Lipinski definition) is 4. The van der Waals surface area contributed by atoms with Crippen LogP contribution in [-0.2, 0) is 27.9 Å². The lowest BCUT2D eigenvalue weighted by molar-refractivity contribution is -0.124. The molecule has 1 aliphatic heterocycles. The number of aryl methyl sites for hydroxylation is 3. The van der Waals surface area contributed by atoms with Crippen LogP contribution in [0.5, 0.6) is 0 Å². The van der Waals surface area contributed by atoms with Crippen molar-refractivity contribution in [2.45, 2.75) is 57.6 Å². The molecule has 3 aromatic rings. The molecule has 174 valence electrons. The fourth-order valence-corrected chi connectivity index (χ4v) is 6.79. The van der Waals surface area contributed by atoms with Crippen LogP contribution in [0.1, 0.15) is 40.7 Å². The van der Waals surface area contributed by atoms with Gasteiger partial charge in [-0.1, -0.05) is 42.0 Å². The lowest BCUT2D eigenvalue weighted by Gasteiger charge is -2.25. The Morgan fingerprint density at radius 2 is 1.85 bits per heavy atom. The van der Waals surface area contributed by atoms with Crippen molar-refractivity contribution < 1.29 is 13.2 Å². The Morgan fingerprint density at radius 1 is 1.12 bits per heavy atom. The second-order valence-electron chi connectivity index (χ2n) is 8.77. The molecule has 0 saturated carbocycles. The van der Waals surface area contributed by atoms with E-state index >= 15 is 0 Å². The Kier molecular flexibility index (Phi) is 6.67. The summed E-state index contributed by atoms with van der Waals surface area (Å²) in [4.78, 5) is 17.4. The fraction of sp³-hybridized carbons (Fsp3) is 0.360. The first-order valence-corrected chi connectivity index (χ1v) is 12.6. The van der Waals surface area contributed by atoms with Crippen molar-refractivity contribution >= 4 is 15.9 Å². The second kappa shape index (κ2) is 9.49. The van der Waals surface area contributed by atoms with Crippen LogP contribution in [0, 0.1) is 20.8 Å². The third kappa shape index (κ3) is 5.02. The predicted octanol–water partition coefficient (Wildman–Crippen LogP) is 3.33. The number of hydrogen-bond donors (Lipinski definition) is 1. The van der Waals surface area contributed by atoms with Gasteiger partial charge < -0.3 is 9.88 Å². The number of carbonyl (C=O) groups excluding carboxylic acids is 1. The number of carbonyl (C=O) groups is 1. The SMILES string of the molecule is Cc1cc(C)c(S(=O)(=O)N2CCCC2C(=O)NCc2cccc(Cn3ccnc3)c2)c(C)c1. The fourth-order valence-electron chi connectivity index (χ4n) is 4.72. The van der Waals surface area contributed by atoms with Gasteiger partial charge in [0, 0.05) is 32.0 Å². The summed E-state index contributed by atoms with van der Waals surface area (Å²) in [6.07, 6.45) is 6.60. The lowest BCUT2D eigenvalue weighted by Crippen LogP contribution is -2.45. The molecule has 1 amide bonds. The maximum absolute atomic E-state index is 13.5. The van der Waals surface area contributed by atoms with Gasteiger partial charge in [0.2, 0.25) is 15.9 Å². The van der Waals surface area contributed by atoms with Crippen LogP contribution in [0.3, 0.4) is 0 Å². The molecule has 1 atom stereocenters. The van der Waals surface area contributed by atoms with Gasteiger partial charge in [-0.05, 0) is 55.9 Å². The molecule has 33 heavy (non-hydrogen) atoms. The van der Waals surface area contributed by atoms with Gasteiger partial charge in [-0.3, -0.25) is 4.79 Å². The number of aromatic nitrogens is 2. The third-order valence-electron chi connectivity index (χ3n) is 6.06. The molecule has 1 aliphatic rings. The van der Waals surface area contributed by atoms with Crippen molar-refractivity contribution in [2.75, 3.05) is 6.54 Å². The van der Waals surface area contributed by atoms with E-state index in [9.17, 15) is 13.2 Å². The Balaban J connectivity index is 1.46. The van der Waals surface area contributed by atoms with E-state index in [0.717, 1.165) is 16.7 Å². The summed E-state index contributed by atoms with van der Waals surface area (Å²) in [5.74, 6) is -0.251. The van der Waals surface area contributed by atoms with Crippen molar-refractivity contribution in [1.29, 1.82) is 0 Å². The summed E-state index contributed by atoms with van der Waals surface area (Å²) in [7, 11) is -3.77. The maximum Gasteiger partial charge on any atom is 0.244 e. The van der Waals surface area contributed by atoms with Crippen molar-refractivity contribution in [3.8, 4) is 0 Å². The zero-order valence-electron chi connectivity index (χ0n) is 19.3. The monoisotopic (exact) mass is 466 g/mol. The Labute approximate surface area is 195 Å². The van der Waals surface area contributed by atoms with Crippen molar-refractivity contribution in [3.05, 3.63) is 82.9 Å². The molecule has 0 aliphatic carbocycles. The number of nitrogens with zero attached hydrogens (tertiary/aromatic N) is 3. The Morgan fingerprint density at radius 3 is 2.55 bits per heavy atom. The molecule has 8 heteroatoms. The molecule has 1 fully saturated rings. The van der Waals surface area contributed by atoms with Gasteiger partial charge in [-0.15, -0.1) is 0 Å². The van der Waals surface area contributed by atoms with Gasteiger partial charge in [-0.2, -0.15) is 4.31 Å². The molecule has 1 saturated heterocycles. The molecule has 7 nitrogen and oxygen atoms in total. The largest absolute Gasteiger partial charge is 0.351 e. The van der Waals surface area contributed by atoms with Crippen LogP contribution in [0.15, 0.2) is 60.0 Å². The maximum atomic E-state index is 13.5. The minimum Gasteiger partial charge on any atom is -0.351 e. The van der Waals surface area contributed by atoms with Crippen LogP contribution >= 0.6 is 0 Å². The van der Waals surface area contributed by atoms with E-state index in [2.05, 4.69) is 10.3 Å². The Bertz CT molecular complexity index is 1230. The number of imidazole rings is 1. The van der Waals surface area contributed by atoms with Crippen molar-refractivity contribution in [2.24, 2.45) is 0 Å². The molecule has 1 N–H and O–H groups in total. The summed E-state index contributed by atoms with van der Waals surface area (Å²) in [5, 5.41) is 2.95. The highest BCUT2D eigenvalue weighted by Gasteiger charge is 2.40. The van der Waals surface area contributed by atoms with E-state index < -0.39 is 16.1 Å². The first-order chi connectivity index (χ1) is 15.8. The van der Waals surface area contributed by atoms with Gasteiger partial charge in [0.05, 0.1) is 11.2 Å². The first-order valence-electron chi connectivity index (χ1n) is 11.2. The molecule has 0 bridgehead atoms. The van der Waals surface area contributed by atoms with Gasteiger partial charge in [0.15, 0.2) is 0 Å². The predicted molar refractivity (Wildman–Crippen MR) is 127 cm³/mol. The topological polar surface area (TPSA) is 84.3 Å². The van der Waals surface area contributed by atoms with Gasteiger partial charge in [0.1, 0.15) is 6.04 Å². The van der Waals surface area contributed by atoms with E-state index in [-0.39, 0.29) is 5.91 Å². The molecule has 1 aromatic heterocycles. The van der Waals surface area contributed by atoms with Crippen molar-refractivity contribution in [1.82, 2.24) is 19.2 Å². The van der Waals surface area contributed by atoms with E-state index in [0.29, 0.717) is 48.5 Å². The molecule has 4 rings (SSSR count). The molecule has 2 heterocycles. The minimum atomic E-state index is -3.77. The average Bonchev–Trinajstić information content (AvgIpc) is 3.44. The van der Waals surface area contributed by atoms with Crippen LogP contribution < -0.4 is 5.32 Å². The number of amides is 1. The molecule has 1 unspecified atom stereocenters. The van der Waals surface area contributed by atoms with Crippen LogP contribution in [0.2, 0.25) is 0 Å². The number of sulfonamides is 1.